The molecule has 0 aliphatic heterocycles. The van der Waals surface area contributed by atoms with Gasteiger partial charge in [-0.3, -0.25) is 0 Å². The van der Waals surface area contributed by atoms with Gasteiger partial charge in [-0.05, 0) is 22.8 Å². The number of aliphatic hydroxyl groups is 1. The first kappa shape index (κ1) is 24.0. The van der Waals surface area contributed by atoms with E-state index in [0.29, 0.717) is 5.41 Å². The Labute approximate surface area is 127 Å². The van der Waals surface area contributed by atoms with E-state index < -0.39 is 0 Å². The molecule has 0 aromatic carbocycles. The van der Waals surface area contributed by atoms with Crippen molar-refractivity contribution in [1.29, 1.82) is 0 Å². The molecule has 1 N–H and O–H groups in total. The summed E-state index contributed by atoms with van der Waals surface area (Å²) in [7, 11) is 1.00. The molecule has 0 fully saturated rings. The molecule has 118 valence electrons. The second-order valence-corrected chi connectivity index (χ2v) is 6.07. The quantitative estimate of drug-likeness (QED) is 0.618. The highest BCUT2D eigenvalue weighted by atomic mass is 16.2. The van der Waals surface area contributed by atoms with Gasteiger partial charge in [-0.25, -0.2) is 0 Å². The average Bonchev–Trinajstić information content (AvgIpc) is 2.36. The molecular formula is C19H36O. The van der Waals surface area contributed by atoms with Crippen LogP contribution in [0.2, 0.25) is 0 Å². The molecule has 1 nitrogen and oxygen atoms in total. The Morgan fingerprint density at radius 1 is 0.950 bits per heavy atom. The number of allylic oxidation sites excluding steroid dienone is 6. The summed E-state index contributed by atoms with van der Waals surface area (Å²) in [5.41, 5.74) is 1.79. The Hall–Kier alpha value is -1.08. The number of hydrogen-bond acceptors (Lipinski definition) is 1. The van der Waals surface area contributed by atoms with Crippen LogP contribution in [0, 0.1) is 10.8 Å². The minimum atomic E-state index is 0.159. The fourth-order valence-electron chi connectivity index (χ4n) is 2.23. The SMILES string of the molecule is C=C/C=C\C(=C/C=C)C(C)(C)CC(C)(C)C.CC.CO. The summed E-state index contributed by atoms with van der Waals surface area (Å²) in [5, 5.41) is 7.00. The van der Waals surface area contributed by atoms with E-state index >= 15 is 0 Å². The zero-order valence-corrected chi connectivity index (χ0v) is 15.0. The summed E-state index contributed by atoms with van der Waals surface area (Å²) >= 11 is 0. The summed E-state index contributed by atoms with van der Waals surface area (Å²) < 4.78 is 0. The van der Waals surface area contributed by atoms with Crippen molar-refractivity contribution in [2.75, 3.05) is 7.11 Å². The second-order valence-electron chi connectivity index (χ2n) is 6.07. The van der Waals surface area contributed by atoms with E-state index in [1.807, 2.05) is 32.1 Å². The topological polar surface area (TPSA) is 20.2 Å². The van der Waals surface area contributed by atoms with Crippen molar-refractivity contribution in [2.24, 2.45) is 10.8 Å². The van der Waals surface area contributed by atoms with Gasteiger partial charge < -0.3 is 5.11 Å². The lowest BCUT2D eigenvalue weighted by molar-refractivity contribution is 0.253. The van der Waals surface area contributed by atoms with Gasteiger partial charge in [-0.1, -0.05) is 92.0 Å². The molecule has 0 aromatic heterocycles. The molecule has 0 saturated heterocycles. The fourth-order valence-corrected chi connectivity index (χ4v) is 2.23. The van der Waals surface area contributed by atoms with Gasteiger partial charge in [0.05, 0.1) is 0 Å². The van der Waals surface area contributed by atoms with E-state index in [-0.39, 0.29) is 5.41 Å². The molecule has 1 heteroatoms. The maximum Gasteiger partial charge on any atom is 0.0319 e. The molecular weight excluding hydrogens is 244 g/mol. The summed E-state index contributed by atoms with van der Waals surface area (Å²) in [6.07, 6.45) is 11.0. The van der Waals surface area contributed by atoms with E-state index in [0.717, 1.165) is 13.5 Å². The van der Waals surface area contributed by atoms with Gasteiger partial charge in [0.15, 0.2) is 0 Å². The minimum Gasteiger partial charge on any atom is -0.400 e. The lowest BCUT2D eigenvalue weighted by Gasteiger charge is -2.33. The molecule has 0 rings (SSSR count). The van der Waals surface area contributed by atoms with Crippen LogP contribution in [0.25, 0.3) is 0 Å². The number of hydrogen-bond donors (Lipinski definition) is 1. The Bertz CT molecular complexity index is 298. The van der Waals surface area contributed by atoms with Crippen LogP contribution >= 0.6 is 0 Å². The molecule has 0 heterocycles. The van der Waals surface area contributed by atoms with Gasteiger partial charge in [0, 0.05) is 7.11 Å². The maximum atomic E-state index is 7.00. The molecule has 0 radical (unpaired) electrons. The van der Waals surface area contributed by atoms with Crippen LogP contribution in [0.1, 0.15) is 54.9 Å². The first-order valence-electron chi connectivity index (χ1n) is 7.30. The largest absolute Gasteiger partial charge is 0.400 e. The van der Waals surface area contributed by atoms with Crippen LogP contribution in [0.4, 0.5) is 0 Å². The Balaban J connectivity index is -0.000000656. The Morgan fingerprint density at radius 2 is 1.40 bits per heavy atom. The third kappa shape index (κ3) is 13.4. The zero-order valence-electron chi connectivity index (χ0n) is 15.0. The predicted molar refractivity (Wildman–Crippen MR) is 95.0 cm³/mol. The standard InChI is InChI=1S/C16H26.C2H6.CH4O/c1-8-10-12-14(11-9-2)16(6,7)13-15(3,4)5;2*1-2/h8-12H,1-2,13H2,3-7H3;1-2H3;2H,1H3/b12-10-,14-11+;;. The lowest BCUT2D eigenvalue weighted by Crippen LogP contribution is -2.22. The maximum absolute atomic E-state index is 7.00. The van der Waals surface area contributed by atoms with Crippen molar-refractivity contribution in [3.05, 3.63) is 49.1 Å². The molecule has 0 spiro atoms. The zero-order chi connectivity index (χ0) is 16.8. The lowest BCUT2D eigenvalue weighted by atomic mass is 9.71. The Morgan fingerprint density at radius 3 is 1.70 bits per heavy atom. The van der Waals surface area contributed by atoms with Gasteiger partial charge in [-0.2, -0.15) is 0 Å². The molecule has 0 amide bonds. The van der Waals surface area contributed by atoms with Gasteiger partial charge in [0.2, 0.25) is 0 Å². The molecule has 0 atom stereocenters. The van der Waals surface area contributed by atoms with Crippen molar-refractivity contribution in [2.45, 2.75) is 54.9 Å². The van der Waals surface area contributed by atoms with Gasteiger partial charge in [0.25, 0.3) is 0 Å². The van der Waals surface area contributed by atoms with Crippen LogP contribution in [0.5, 0.6) is 0 Å². The van der Waals surface area contributed by atoms with Gasteiger partial charge in [0.1, 0.15) is 0 Å². The smallest absolute Gasteiger partial charge is 0.0319 e. The highest BCUT2D eigenvalue weighted by Crippen LogP contribution is 2.39. The van der Waals surface area contributed by atoms with E-state index in [1.165, 1.54) is 5.57 Å². The third-order valence-corrected chi connectivity index (χ3v) is 2.46. The minimum absolute atomic E-state index is 0.159. The highest BCUT2D eigenvalue weighted by Gasteiger charge is 2.27. The van der Waals surface area contributed by atoms with Gasteiger partial charge >= 0.3 is 0 Å². The normalized spacial score (nSPS) is 11.9. The summed E-state index contributed by atoms with van der Waals surface area (Å²) in [6, 6.07) is 0. The van der Waals surface area contributed by atoms with Crippen LogP contribution in [0.3, 0.4) is 0 Å². The summed E-state index contributed by atoms with van der Waals surface area (Å²) in [5.74, 6) is 0. The van der Waals surface area contributed by atoms with Crippen LogP contribution in [-0.2, 0) is 0 Å². The molecule has 0 bridgehead atoms. The Kier molecular flexibility index (Phi) is 15.5. The van der Waals surface area contributed by atoms with Crippen molar-refractivity contribution in [3.8, 4) is 0 Å². The first-order valence-corrected chi connectivity index (χ1v) is 7.30. The van der Waals surface area contributed by atoms with E-state index in [4.69, 9.17) is 5.11 Å². The number of aliphatic hydroxyl groups excluding tert-OH is 1. The monoisotopic (exact) mass is 280 g/mol. The van der Waals surface area contributed by atoms with Crippen LogP contribution < -0.4 is 0 Å². The number of rotatable bonds is 5. The van der Waals surface area contributed by atoms with E-state index in [2.05, 4.69) is 59.9 Å². The predicted octanol–water partition coefficient (Wildman–Crippen LogP) is 5.94. The van der Waals surface area contributed by atoms with Crippen molar-refractivity contribution in [1.82, 2.24) is 0 Å². The molecule has 0 aromatic rings. The fraction of sp³-hybridized carbons (Fsp3) is 0.579. The third-order valence-electron chi connectivity index (χ3n) is 2.46. The van der Waals surface area contributed by atoms with Gasteiger partial charge in [-0.15, -0.1) is 0 Å². The molecule has 0 saturated carbocycles. The summed E-state index contributed by atoms with van der Waals surface area (Å²) in [4.78, 5) is 0. The molecule has 0 aliphatic rings. The van der Waals surface area contributed by atoms with Crippen molar-refractivity contribution >= 4 is 0 Å². The summed E-state index contributed by atoms with van der Waals surface area (Å²) in [6.45, 7) is 22.9. The average molecular weight is 280 g/mol. The highest BCUT2D eigenvalue weighted by molar-refractivity contribution is 5.30. The molecule has 0 aliphatic carbocycles. The molecule has 20 heavy (non-hydrogen) atoms. The van der Waals surface area contributed by atoms with Crippen molar-refractivity contribution in [3.63, 3.8) is 0 Å². The van der Waals surface area contributed by atoms with Crippen molar-refractivity contribution < 1.29 is 5.11 Å². The second kappa shape index (κ2) is 12.9. The van der Waals surface area contributed by atoms with Crippen LogP contribution in [-0.4, -0.2) is 12.2 Å². The van der Waals surface area contributed by atoms with Crippen LogP contribution in [0.15, 0.2) is 49.1 Å². The van der Waals surface area contributed by atoms with E-state index in [9.17, 15) is 0 Å². The van der Waals surface area contributed by atoms with E-state index in [1.54, 1.807) is 0 Å². The molecule has 0 unspecified atom stereocenters. The first-order chi connectivity index (χ1) is 9.23.